The highest BCUT2D eigenvalue weighted by Gasteiger charge is 2.36. The number of allylic oxidation sites excluding steroid dienone is 1. The molecule has 3 aliphatic rings. The zero-order valence-corrected chi connectivity index (χ0v) is 35.7. The average Bonchev–Trinajstić information content (AvgIpc) is 3.23. The molecule has 1 unspecified atom stereocenters. The van der Waals surface area contributed by atoms with Gasteiger partial charge in [0.1, 0.15) is 22.8 Å². The molecule has 1 aromatic heterocycles. The molecule has 3 aromatic rings. The molecule has 2 amide bonds. The summed E-state index contributed by atoms with van der Waals surface area (Å²) in [5.74, 6) is -1.49. The Morgan fingerprint density at radius 2 is 1.69 bits per heavy atom. The number of rotatable bonds is 13. The molecule has 3 aliphatic heterocycles. The maximum absolute atomic E-state index is 13.8. The van der Waals surface area contributed by atoms with E-state index in [0.29, 0.717) is 102 Å². The van der Waals surface area contributed by atoms with Gasteiger partial charge in [-0.2, -0.15) is 0 Å². The summed E-state index contributed by atoms with van der Waals surface area (Å²) < 4.78 is 24.4. The number of phenolic OH excluding ortho intramolecular Hbond substituents is 2. The molecular formula is C47H59N3O11. The third-order valence-electron chi connectivity index (χ3n) is 12.1. The van der Waals surface area contributed by atoms with Crippen LogP contribution >= 0.6 is 0 Å². The van der Waals surface area contributed by atoms with E-state index in [9.17, 15) is 34.2 Å². The number of ketones is 1. The van der Waals surface area contributed by atoms with Gasteiger partial charge in [-0.1, -0.05) is 24.6 Å². The number of cyclic esters (lactones) is 1. The fourth-order valence-electron chi connectivity index (χ4n) is 9.03. The van der Waals surface area contributed by atoms with Gasteiger partial charge in [0.15, 0.2) is 11.5 Å². The predicted molar refractivity (Wildman–Crippen MR) is 229 cm³/mol. The number of aromatic nitrogens is 1. The van der Waals surface area contributed by atoms with Gasteiger partial charge in [0, 0.05) is 81.0 Å². The van der Waals surface area contributed by atoms with Gasteiger partial charge in [-0.3, -0.25) is 19.2 Å². The number of methoxy groups -OCH3 is 3. The van der Waals surface area contributed by atoms with Crippen molar-refractivity contribution in [1.29, 1.82) is 0 Å². The summed E-state index contributed by atoms with van der Waals surface area (Å²) in [5.41, 5.74) is 1.49. The first-order chi connectivity index (χ1) is 29.4. The lowest BCUT2D eigenvalue weighted by Gasteiger charge is -2.42. The van der Waals surface area contributed by atoms with Crippen LogP contribution in [0, 0.1) is 5.92 Å². The number of nitrogens with zero attached hydrogens (tertiary/aromatic N) is 2. The number of ether oxygens (including phenoxy) is 4. The standard InChI is InChI=1S/C47H59N3O11/c1-29-13-11-16-34(51)15-8-5-7-14-31-22-37(52)44(45(56)43(31)47(57)61-29)35(32-23-38(58-2)46(60-4)39(24-32)59-3)25-40(53)48-20-10-6-9-18-41(54)49-26-30-21-33(28-49)36-17-12-19-42(55)50(36)27-30/h7,12,14,17,19,22-24,29-30,33,35,52,56H,5-6,8-11,13,15-16,18,20-21,25-28H2,1-4H3,(H,48,53)/b14-7+/t29-,30+,33-,35?/m0/s1. The number of benzene rings is 2. The van der Waals surface area contributed by atoms with E-state index in [4.69, 9.17) is 18.9 Å². The molecule has 4 atom stereocenters. The van der Waals surface area contributed by atoms with Crippen LogP contribution in [0.5, 0.6) is 28.7 Å². The predicted octanol–water partition coefficient (Wildman–Crippen LogP) is 6.61. The van der Waals surface area contributed by atoms with E-state index in [0.717, 1.165) is 12.1 Å². The smallest absolute Gasteiger partial charge is 0.342 e. The Morgan fingerprint density at radius 1 is 0.934 bits per heavy atom. The van der Waals surface area contributed by atoms with E-state index >= 15 is 0 Å². The van der Waals surface area contributed by atoms with Crippen LogP contribution in [-0.2, 0) is 25.7 Å². The van der Waals surface area contributed by atoms with Crippen LogP contribution in [0.4, 0.5) is 0 Å². The number of hydrogen-bond donors (Lipinski definition) is 3. The summed E-state index contributed by atoms with van der Waals surface area (Å²) in [6, 6.07) is 10.0. The van der Waals surface area contributed by atoms with E-state index in [-0.39, 0.29) is 75.4 Å². The van der Waals surface area contributed by atoms with Crippen LogP contribution in [0.1, 0.15) is 129 Å². The van der Waals surface area contributed by atoms with E-state index in [1.807, 2.05) is 15.5 Å². The summed E-state index contributed by atoms with van der Waals surface area (Å²) in [6.45, 7) is 3.95. The molecule has 0 saturated carbocycles. The van der Waals surface area contributed by atoms with Crippen LogP contribution in [0.3, 0.4) is 0 Å². The number of Topliss-reactive ketones (excluding diaryl/α,β-unsaturated/α-hetero) is 1. The van der Waals surface area contributed by atoms with Crippen molar-refractivity contribution in [3.63, 3.8) is 0 Å². The minimum Gasteiger partial charge on any atom is -0.507 e. The molecule has 6 rings (SSSR count). The number of unbranched alkanes of at least 4 members (excludes halogenated alkanes) is 2. The molecule has 61 heavy (non-hydrogen) atoms. The molecular weight excluding hydrogens is 783 g/mol. The van der Waals surface area contributed by atoms with Crippen molar-refractivity contribution >= 4 is 29.6 Å². The molecule has 3 N–H and O–H groups in total. The Labute approximate surface area is 356 Å². The second kappa shape index (κ2) is 20.7. The van der Waals surface area contributed by atoms with Crippen molar-refractivity contribution in [2.45, 2.75) is 108 Å². The van der Waals surface area contributed by atoms with Gasteiger partial charge < -0.3 is 43.9 Å². The van der Waals surface area contributed by atoms with Crippen LogP contribution in [0.25, 0.3) is 6.08 Å². The summed E-state index contributed by atoms with van der Waals surface area (Å²) in [5, 5.41) is 26.6. The van der Waals surface area contributed by atoms with Gasteiger partial charge in [-0.05, 0) is 93.2 Å². The first-order valence-corrected chi connectivity index (χ1v) is 21.4. The minimum absolute atomic E-state index is 0.0129. The molecule has 0 aliphatic carbocycles. The number of amides is 2. The highest BCUT2D eigenvalue weighted by atomic mass is 16.5. The van der Waals surface area contributed by atoms with Crippen molar-refractivity contribution in [1.82, 2.24) is 14.8 Å². The van der Waals surface area contributed by atoms with Gasteiger partial charge in [-0.25, -0.2) is 4.79 Å². The molecule has 14 heteroatoms. The van der Waals surface area contributed by atoms with E-state index in [2.05, 4.69) is 5.32 Å². The molecule has 1 saturated heterocycles. The van der Waals surface area contributed by atoms with Crippen LogP contribution < -0.4 is 25.1 Å². The molecule has 0 spiro atoms. The number of nitrogens with one attached hydrogen (secondary N) is 1. The fraction of sp³-hybridized carbons (Fsp3) is 0.511. The summed E-state index contributed by atoms with van der Waals surface area (Å²) in [4.78, 5) is 67.5. The number of pyridine rings is 1. The van der Waals surface area contributed by atoms with Gasteiger partial charge in [-0.15, -0.1) is 0 Å². The lowest BCUT2D eigenvalue weighted by Crippen LogP contribution is -2.49. The maximum atomic E-state index is 13.8. The normalized spacial score (nSPS) is 20.3. The third kappa shape index (κ3) is 10.8. The molecule has 328 valence electrons. The Kier molecular flexibility index (Phi) is 15.2. The number of aromatic hydroxyl groups is 2. The molecule has 14 nitrogen and oxygen atoms in total. The van der Waals surface area contributed by atoms with Crippen molar-refractivity contribution in [2.75, 3.05) is 41.0 Å². The lowest BCUT2D eigenvalue weighted by molar-refractivity contribution is -0.134. The van der Waals surface area contributed by atoms with Gasteiger partial charge in [0.05, 0.1) is 27.4 Å². The monoisotopic (exact) mass is 841 g/mol. The second-order valence-corrected chi connectivity index (χ2v) is 16.4. The third-order valence-corrected chi connectivity index (χ3v) is 12.1. The first kappa shape index (κ1) is 44.8. The average molecular weight is 842 g/mol. The lowest BCUT2D eigenvalue weighted by atomic mass is 9.83. The van der Waals surface area contributed by atoms with Crippen molar-refractivity contribution in [2.24, 2.45) is 5.92 Å². The number of phenols is 2. The van der Waals surface area contributed by atoms with Crippen molar-refractivity contribution in [3.05, 3.63) is 80.8 Å². The van der Waals surface area contributed by atoms with Crippen LogP contribution in [-0.4, -0.2) is 90.3 Å². The van der Waals surface area contributed by atoms with Crippen molar-refractivity contribution in [3.8, 4) is 28.7 Å². The van der Waals surface area contributed by atoms with E-state index < -0.39 is 23.7 Å². The molecule has 4 heterocycles. The zero-order chi connectivity index (χ0) is 43.6. The summed E-state index contributed by atoms with van der Waals surface area (Å²) >= 11 is 0. The Hall–Kier alpha value is -5.79. The first-order valence-electron chi connectivity index (χ1n) is 21.4. The fourth-order valence-corrected chi connectivity index (χ4v) is 9.03. The summed E-state index contributed by atoms with van der Waals surface area (Å²) in [6.07, 6.45) is 8.98. The van der Waals surface area contributed by atoms with Crippen LogP contribution in [0.15, 0.2) is 47.3 Å². The number of likely N-dealkylation sites (tertiary alicyclic amines) is 1. The van der Waals surface area contributed by atoms with E-state index in [1.54, 1.807) is 43.3 Å². The molecule has 2 bridgehead atoms. The zero-order valence-electron chi connectivity index (χ0n) is 35.7. The van der Waals surface area contributed by atoms with Crippen molar-refractivity contribution < 1.29 is 48.3 Å². The maximum Gasteiger partial charge on any atom is 0.342 e. The number of carbonyl (C=O) groups excluding carboxylic acids is 4. The topological polar surface area (TPSA) is 183 Å². The number of piperidine rings is 1. The number of carbonyl (C=O) groups is 4. The largest absolute Gasteiger partial charge is 0.507 e. The number of esters is 1. The SMILES string of the molecule is COc1cc(C(CC(=O)NCCCCCC(=O)N2C[C@H]3C[C@@H](C2)c2cccc(=O)n2C3)c2c(O)cc3c(c2O)C(=O)O[C@@H](C)CCCC(=O)CCC/C=C/3)cc(OC)c1OC. The molecule has 0 radical (unpaired) electrons. The van der Waals surface area contributed by atoms with Gasteiger partial charge in [0.25, 0.3) is 5.56 Å². The highest BCUT2D eigenvalue weighted by Crippen LogP contribution is 2.48. The second-order valence-electron chi connectivity index (χ2n) is 16.4. The van der Waals surface area contributed by atoms with Gasteiger partial charge >= 0.3 is 5.97 Å². The van der Waals surface area contributed by atoms with Crippen LogP contribution in [0.2, 0.25) is 0 Å². The Morgan fingerprint density at radius 3 is 2.43 bits per heavy atom. The number of hydrogen-bond acceptors (Lipinski definition) is 11. The van der Waals surface area contributed by atoms with Gasteiger partial charge in [0.2, 0.25) is 17.6 Å². The Balaban J connectivity index is 1.17. The Bertz CT molecular complexity index is 2150. The quantitative estimate of drug-likeness (QED) is 0.124. The highest BCUT2D eigenvalue weighted by molar-refractivity contribution is 5.98. The van der Waals surface area contributed by atoms with E-state index in [1.165, 1.54) is 27.4 Å². The minimum atomic E-state index is -1.00. The number of fused-ring (bicyclic) bond motifs is 5. The molecule has 1 fully saturated rings. The molecule has 2 aromatic carbocycles. The summed E-state index contributed by atoms with van der Waals surface area (Å²) in [7, 11) is 4.37.